The van der Waals surface area contributed by atoms with Crippen LogP contribution in [0, 0.1) is 0 Å². The minimum Gasteiger partial charge on any atom is -0.482 e. The summed E-state index contributed by atoms with van der Waals surface area (Å²) in [6, 6.07) is 10.4. The first kappa shape index (κ1) is 20.8. The molecule has 10 heteroatoms. The zero-order valence-electron chi connectivity index (χ0n) is 15.3. The van der Waals surface area contributed by atoms with Crippen LogP contribution in [-0.2, 0) is 19.4 Å². The van der Waals surface area contributed by atoms with Gasteiger partial charge in [-0.05, 0) is 49.4 Å². The summed E-state index contributed by atoms with van der Waals surface area (Å²) in [6.45, 7) is 1.09. The average Bonchev–Trinajstić information content (AvgIpc) is 2.67. The van der Waals surface area contributed by atoms with Gasteiger partial charge in [-0.25, -0.2) is 8.42 Å². The van der Waals surface area contributed by atoms with Crippen molar-refractivity contribution in [2.24, 2.45) is 0 Å². The number of benzene rings is 2. The lowest BCUT2D eigenvalue weighted by molar-refractivity contribution is -0.118. The van der Waals surface area contributed by atoms with Crippen LogP contribution in [0.4, 0.5) is 11.4 Å². The molecule has 0 saturated heterocycles. The van der Waals surface area contributed by atoms with Crippen molar-refractivity contribution in [3.63, 3.8) is 0 Å². The molecular weight excluding hydrogens is 420 g/mol. The third kappa shape index (κ3) is 4.93. The molecule has 1 aliphatic heterocycles. The first-order valence-electron chi connectivity index (χ1n) is 8.53. The highest BCUT2D eigenvalue weighted by Gasteiger charge is 2.31. The van der Waals surface area contributed by atoms with Crippen LogP contribution in [0.2, 0.25) is 5.02 Å². The molecule has 2 aromatic rings. The molecule has 0 bridgehead atoms. The van der Waals surface area contributed by atoms with E-state index >= 15 is 0 Å². The molecule has 0 aromatic heterocycles. The molecule has 8 nitrogen and oxygen atoms in total. The van der Waals surface area contributed by atoms with Crippen LogP contribution >= 0.6 is 11.6 Å². The molecule has 0 radical (unpaired) electrons. The van der Waals surface area contributed by atoms with E-state index in [1.54, 1.807) is 12.1 Å². The SMILES string of the molecule is CC(C(=O)c1ccc2c(c1)NC(=O)CO2)S(=O)(=O)CC(=O)Nc1ccc(Cl)cc1. The van der Waals surface area contributed by atoms with Gasteiger partial charge in [0.2, 0.25) is 5.91 Å². The van der Waals surface area contributed by atoms with Gasteiger partial charge in [-0.3, -0.25) is 14.4 Å². The minimum atomic E-state index is -4.07. The van der Waals surface area contributed by atoms with E-state index in [1.165, 1.54) is 37.3 Å². The monoisotopic (exact) mass is 436 g/mol. The molecule has 0 aliphatic carbocycles. The number of ether oxygens (including phenoxy) is 1. The average molecular weight is 437 g/mol. The van der Waals surface area contributed by atoms with E-state index < -0.39 is 32.5 Å². The maximum absolute atomic E-state index is 12.7. The summed E-state index contributed by atoms with van der Waals surface area (Å²) in [6.07, 6.45) is 0. The van der Waals surface area contributed by atoms with E-state index in [0.717, 1.165) is 0 Å². The number of nitrogens with one attached hydrogen (secondary N) is 2. The van der Waals surface area contributed by atoms with Crippen molar-refractivity contribution in [1.29, 1.82) is 0 Å². The van der Waals surface area contributed by atoms with Crippen molar-refractivity contribution in [2.45, 2.75) is 12.2 Å². The second kappa shape index (κ2) is 8.22. The molecule has 3 rings (SSSR count). The van der Waals surface area contributed by atoms with Crippen LogP contribution in [-0.4, -0.2) is 43.6 Å². The van der Waals surface area contributed by atoms with Gasteiger partial charge in [0.15, 0.2) is 22.2 Å². The Labute approximate surface area is 172 Å². The summed E-state index contributed by atoms with van der Waals surface area (Å²) in [7, 11) is -4.07. The number of hydrogen-bond acceptors (Lipinski definition) is 6. The minimum absolute atomic E-state index is 0.0868. The predicted molar refractivity (Wildman–Crippen MR) is 108 cm³/mol. The molecule has 2 N–H and O–H groups in total. The highest BCUT2D eigenvalue weighted by Crippen LogP contribution is 2.29. The third-order valence-electron chi connectivity index (χ3n) is 4.27. The molecule has 0 saturated carbocycles. The Morgan fingerprint density at radius 1 is 1.21 bits per heavy atom. The largest absolute Gasteiger partial charge is 0.482 e. The quantitative estimate of drug-likeness (QED) is 0.670. The Hall–Kier alpha value is -2.91. The molecule has 29 heavy (non-hydrogen) atoms. The summed E-state index contributed by atoms with van der Waals surface area (Å²) in [4.78, 5) is 36.2. The number of fused-ring (bicyclic) bond motifs is 1. The summed E-state index contributed by atoms with van der Waals surface area (Å²) in [5, 5.41) is 4.04. The number of hydrogen-bond donors (Lipinski definition) is 2. The fourth-order valence-corrected chi connectivity index (χ4v) is 3.95. The van der Waals surface area contributed by atoms with Crippen LogP contribution in [0.15, 0.2) is 42.5 Å². The van der Waals surface area contributed by atoms with Gasteiger partial charge < -0.3 is 15.4 Å². The van der Waals surface area contributed by atoms with Crippen LogP contribution in [0.5, 0.6) is 5.75 Å². The van der Waals surface area contributed by atoms with E-state index in [-0.39, 0.29) is 23.8 Å². The topological polar surface area (TPSA) is 119 Å². The second-order valence-electron chi connectivity index (χ2n) is 6.42. The first-order valence-corrected chi connectivity index (χ1v) is 10.6. The van der Waals surface area contributed by atoms with Crippen molar-refractivity contribution in [2.75, 3.05) is 23.0 Å². The zero-order chi connectivity index (χ0) is 21.2. The van der Waals surface area contributed by atoms with Crippen molar-refractivity contribution >= 4 is 50.4 Å². The van der Waals surface area contributed by atoms with Crippen LogP contribution in [0.1, 0.15) is 17.3 Å². The normalized spacial score (nSPS) is 14.2. The number of halogens is 1. The number of amides is 2. The number of rotatable bonds is 6. The smallest absolute Gasteiger partial charge is 0.262 e. The van der Waals surface area contributed by atoms with Crippen LogP contribution < -0.4 is 15.4 Å². The molecule has 1 atom stereocenters. The Kier molecular flexibility index (Phi) is 5.90. The fraction of sp³-hybridized carbons (Fsp3) is 0.211. The second-order valence-corrected chi connectivity index (χ2v) is 9.17. The van der Waals surface area contributed by atoms with Gasteiger partial charge in [0.1, 0.15) is 16.8 Å². The molecule has 1 heterocycles. The molecule has 2 amide bonds. The van der Waals surface area contributed by atoms with E-state index in [1.807, 2.05) is 0 Å². The van der Waals surface area contributed by atoms with Gasteiger partial charge in [0.05, 0.1) is 5.69 Å². The molecule has 2 aromatic carbocycles. The molecule has 1 unspecified atom stereocenters. The van der Waals surface area contributed by atoms with Crippen molar-refractivity contribution < 1.29 is 27.5 Å². The van der Waals surface area contributed by atoms with Crippen molar-refractivity contribution in [3.8, 4) is 5.75 Å². The maximum Gasteiger partial charge on any atom is 0.262 e. The number of sulfone groups is 1. The third-order valence-corrected chi connectivity index (χ3v) is 6.47. The summed E-state index contributed by atoms with van der Waals surface area (Å²) in [5.41, 5.74) is 0.764. The van der Waals surface area contributed by atoms with Crippen LogP contribution in [0.25, 0.3) is 0 Å². The highest BCUT2D eigenvalue weighted by atomic mass is 35.5. The molecular formula is C19H17ClN2O6S. The number of Topliss-reactive ketones (excluding diaryl/α,β-unsaturated/α-hetero) is 1. The lowest BCUT2D eigenvalue weighted by atomic mass is 10.1. The van der Waals surface area contributed by atoms with E-state index in [2.05, 4.69) is 10.6 Å². The Morgan fingerprint density at radius 3 is 2.59 bits per heavy atom. The molecule has 0 fully saturated rings. The lowest BCUT2D eigenvalue weighted by Gasteiger charge is -2.19. The van der Waals surface area contributed by atoms with Gasteiger partial charge in [0, 0.05) is 16.3 Å². The van der Waals surface area contributed by atoms with Crippen molar-refractivity contribution in [3.05, 3.63) is 53.1 Å². The van der Waals surface area contributed by atoms with Crippen LogP contribution in [0.3, 0.4) is 0 Å². The highest BCUT2D eigenvalue weighted by molar-refractivity contribution is 7.93. The van der Waals surface area contributed by atoms with E-state index in [9.17, 15) is 22.8 Å². The van der Waals surface area contributed by atoms with E-state index in [0.29, 0.717) is 16.5 Å². The van der Waals surface area contributed by atoms with Gasteiger partial charge in [-0.15, -0.1) is 0 Å². The Balaban J connectivity index is 1.71. The van der Waals surface area contributed by atoms with Gasteiger partial charge >= 0.3 is 0 Å². The molecule has 0 spiro atoms. The van der Waals surface area contributed by atoms with Gasteiger partial charge in [0.25, 0.3) is 5.91 Å². The number of ketones is 1. The predicted octanol–water partition coefficient (Wildman–Crippen LogP) is 2.30. The molecule has 1 aliphatic rings. The van der Waals surface area contributed by atoms with Gasteiger partial charge in [-0.1, -0.05) is 11.6 Å². The number of carbonyl (C=O) groups is 3. The fourth-order valence-electron chi connectivity index (χ4n) is 2.67. The maximum atomic E-state index is 12.7. The van der Waals surface area contributed by atoms with E-state index in [4.69, 9.17) is 16.3 Å². The zero-order valence-corrected chi connectivity index (χ0v) is 16.8. The van der Waals surface area contributed by atoms with Gasteiger partial charge in [-0.2, -0.15) is 0 Å². The summed E-state index contributed by atoms with van der Waals surface area (Å²) < 4.78 is 30.3. The standard InChI is InChI=1S/C19H17ClN2O6S/c1-11(19(25)12-2-7-16-15(8-12)22-17(23)9-28-16)29(26,27)10-18(24)21-14-5-3-13(20)4-6-14/h2-8,11H,9-10H2,1H3,(H,21,24)(H,22,23). The molecule has 152 valence electrons. The number of anilines is 2. The lowest BCUT2D eigenvalue weighted by Crippen LogP contribution is -2.34. The summed E-state index contributed by atoms with van der Waals surface area (Å²) >= 11 is 5.76. The number of carbonyl (C=O) groups excluding carboxylic acids is 3. The van der Waals surface area contributed by atoms with Crippen molar-refractivity contribution in [1.82, 2.24) is 0 Å². The Bertz CT molecular complexity index is 1080. The Morgan fingerprint density at radius 2 is 1.90 bits per heavy atom. The summed E-state index contributed by atoms with van der Waals surface area (Å²) in [5.74, 6) is -2.29. The first-order chi connectivity index (χ1) is 13.7.